The fraction of sp³-hybridized carbons (Fsp3) is 0.148. The Kier molecular flexibility index (Phi) is 9.34. The quantitative estimate of drug-likeness (QED) is 0.188. The topological polar surface area (TPSA) is 145 Å². The SMILES string of the molecule is COc1ccnc(CS(=O)c2nc3ccc(-n4cccc4)cc3n2S(=O)(=O)c2ccc(OCC(=O)[O-])cc2)c1C.[Na+]. The van der Waals surface area contributed by atoms with Gasteiger partial charge >= 0.3 is 29.6 Å². The third kappa shape index (κ3) is 6.23. The molecule has 0 bridgehead atoms. The van der Waals surface area contributed by atoms with E-state index in [9.17, 15) is 22.5 Å². The summed E-state index contributed by atoms with van der Waals surface area (Å²) in [6.45, 7) is 1.10. The smallest absolute Gasteiger partial charge is 0.546 e. The molecule has 1 atom stereocenters. The Balaban J connectivity index is 0.00000387. The van der Waals surface area contributed by atoms with Crippen molar-refractivity contribution in [2.45, 2.75) is 22.7 Å². The fourth-order valence-electron chi connectivity index (χ4n) is 4.13. The second-order valence-corrected chi connectivity index (χ2v) is 11.8. The number of hydrogen-bond donors (Lipinski definition) is 0. The first-order valence-electron chi connectivity index (χ1n) is 11.9. The summed E-state index contributed by atoms with van der Waals surface area (Å²) in [5.41, 5.74) is 2.43. The van der Waals surface area contributed by atoms with Crippen LogP contribution in [0.2, 0.25) is 0 Å². The van der Waals surface area contributed by atoms with Crippen LogP contribution in [0.1, 0.15) is 11.3 Å². The van der Waals surface area contributed by atoms with E-state index < -0.39 is 33.4 Å². The maximum Gasteiger partial charge on any atom is 1.00 e. The van der Waals surface area contributed by atoms with Gasteiger partial charge < -0.3 is 23.9 Å². The average molecular weight is 603 g/mol. The van der Waals surface area contributed by atoms with Crippen molar-refractivity contribution >= 4 is 37.8 Å². The number of pyridine rings is 1. The predicted molar refractivity (Wildman–Crippen MR) is 144 cm³/mol. The molecule has 0 aliphatic carbocycles. The summed E-state index contributed by atoms with van der Waals surface area (Å²) in [5, 5.41) is 10.5. The predicted octanol–water partition coefficient (Wildman–Crippen LogP) is -0.783. The summed E-state index contributed by atoms with van der Waals surface area (Å²) < 4.78 is 55.0. The van der Waals surface area contributed by atoms with Gasteiger partial charge in [-0.2, -0.15) is 0 Å². The molecule has 0 saturated heterocycles. The summed E-state index contributed by atoms with van der Waals surface area (Å²) in [6.07, 6.45) is 5.17. The van der Waals surface area contributed by atoms with Crippen LogP contribution in [0.25, 0.3) is 16.7 Å². The van der Waals surface area contributed by atoms with E-state index in [-0.39, 0.29) is 56.6 Å². The number of nitrogens with zero attached hydrogens (tertiary/aromatic N) is 4. The van der Waals surface area contributed by atoms with E-state index in [0.717, 1.165) is 3.97 Å². The van der Waals surface area contributed by atoms with Crippen molar-refractivity contribution in [3.63, 3.8) is 0 Å². The van der Waals surface area contributed by atoms with Gasteiger partial charge in [-0.25, -0.2) is 17.4 Å². The van der Waals surface area contributed by atoms with Gasteiger partial charge in [0, 0.05) is 29.8 Å². The van der Waals surface area contributed by atoms with Crippen LogP contribution >= 0.6 is 0 Å². The second-order valence-electron chi connectivity index (χ2n) is 8.63. The molecule has 5 aromatic rings. The number of aliphatic carboxylic acids is 1. The van der Waals surface area contributed by atoms with Gasteiger partial charge in [0.1, 0.15) is 18.1 Å². The van der Waals surface area contributed by atoms with Crippen LogP contribution in [0, 0.1) is 6.92 Å². The minimum atomic E-state index is -4.32. The summed E-state index contributed by atoms with van der Waals surface area (Å²) in [7, 11) is -4.73. The molecule has 0 fully saturated rings. The van der Waals surface area contributed by atoms with Gasteiger partial charge in [0.2, 0.25) is 5.16 Å². The van der Waals surface area contributed by atoms with E-state index in [1.54, 1.807) is 31.2 Å². The molecule has 2 aromatic carbocycles. The summed E-state index contributed by atoms with van der Waals surface area (Å²) in [6, 6.07) is 15.7. The van der Waals surface area contributed by atoms with Crippen LogP contribution in [-0.2, 0) is 31.4 Å². The number of ether oxygens (including phenoxy) is 2. The number of fused-ring (bicyclic) bond motifs is 1. The van der Waals surface area contributed by atoms with Crippen molar-refractivity contribution in [3.8, 4) is 17.2 Å². The number of imidazole rings is 1. The third-order valence-corrected chi connectivity index (χ3v) is 9.19. The molecule has 41 heavy (non-hydrogen) atoms. The molecule has 0 aliphatic rings. The average Bonchev–Trinajstić information content (AvgIpc) is 3.62. The van der Waals surface area contributed by atoms with Gasteiger partial charge in [-0.3, -0.25) is 9.19 Å². The Bertz CT molecular complexity index is 1840. The first-order chi connectivity index (χ1) is 19.2. The second kappa shape index (κ2) is 12.6. The molecule has 3 heterocycles. The van der Waals surface area contributed by atoms with Gasteiger partial charge in [-0.15, -0.1) is 0 Å². The van der Waals surface area contributed by atoms with Gasteiger partial charge in [0.25, 0.3) is 10.0 Å². The molecule has 0 saturated carbocycles. The molecule has 11 nitrogen and oxygen atoms in total. The van der Waals surface area contributed by atoms with E-state index in [1.807, 2.05) is 29.1 Å². The summed E-state index contributed by atoms with van der Waals surface area (Å²) in [4.78, 5) is 19.4. The van der Waals surface area contributed by atoms with Crippen LogP contribution in [0.4, 0.5) is 0 Å². The van der Waals surface area contributed by atoms with E-state index in [0.29, 0.717) is 28.2 Å². The fourth-order valence-corrected chi connectivity index (χ4v) is 7.17. The molecular weight excluding hydrogens is 579 g/mol. The van der Waals surface area contributed by atoms with Crippen molar-refractivity contribution in [1.29, 1.82) is 0 Å². The van der Waals surface area contributed by atoms with Crippen LogP contribution in [0.5, 0.6) is 11.5 Å². The minimum Gasteiger partial charge on any atom is -0.546 e. The number of hydrogen-bond acceptors (Lipinski definition) is 9. The Morgan fingerprint density at radius 3 is 2.44 bits per heavy atom. The molecule has 14 heteroatoms. The van der Waals surface area contributed by atoms with Crippen molar-refractivity contribution in [2.75, 3.05) is 13.7 Å². The van der Waals surface area contributed by atoms with Gasteiger partial charge in [-0.05, 0) is 67.6 Å². The summed E-state index contributed by atoms with van der Waals surface area (Å²) >= 11 is 0. The molecule has 3 aromatic heterocycles. The Morgan fingerprint density at radius 2 is 1.78 bits per heavy atom. The number of carbonyl (C=O) groups excluding carboxylic acids is 1. The number of aromatic nitrogens is 4. The number of methoxy groups -OCH3 is 1. The molecule has 0 radical (unpaired) electrons. The van der Waals surface area contributed by atoms with Crippen molar-refractivity contribution in [1.82, 2.24) is 18.5 Å². The maximum atomic E-state index is 14.0. The molecule has 0 aliphatic heterocycles. The molecule has 0 N–H and O–H groups in total. The molecule has 0 amide bonds. The minimum absolute atomic E-state index is 0. The largest absolute Gasteiger partial charge is 1.00 e. The van der Waals surface area contributed by atoms with Crippen molar-refractivity contribution < 1.29 is 61.6 Å². The zero-order valence-corrected chi connectivity index (χ0v) is 26.0. The van der Waals surface area contributed by atoms with Crippen LogP contribution in [-0.4, -0.2) is 50.8 Å². The monoisotopic (exact) mass is 602 g/mol. The third-order valence-electron chi connectivity index (χ3n) is 6.14. The normalized spacial score (nSPS) is 12.0. The maximum absolute atomic E-state index is 14.0. The molecule has 5 rings (SSSR count). The van der Waals surface area contributed by atoms with Crippen molar-refractivity contribution in [3.05, 3.63) is 90.5 Å². The number of carboxylic acids is 1. The number of rotatable bonds is 10. The Hall–Kier alpha value is -3.49. The van der Waals surface area contributed by atoms with Gasteiger partial charge in [0.15, 0.2) is 0 Å². The standard InChI is InChI=1S/C27H24N4O7S2.Na/c1-18-23(28-12-11-25(18)37-2)17-39(34)27-29-22-10-5-19(30-13-3-4-14-30)15-24(22)31(27)40(35,36)21-8-6-20(7-9-21)38-16-26(32)33;/h3-15H,16-17H2,1-2H3,(H,32,33);/q;+1/p-1. The van der Waals surface area contributed by atoms with Crippen LogP contribution in [0.3, 0.4) is 0 Å². The molecule has 206 valence electrons. The summed E-state index contributed by atoms with van der Waals surface area (Å²) in [5.74, 6) is -0.784. The first-order valence-corrected chi connectivity index (χ1v) is 14.7. The molecular formula is C27H23N4NaO7S2. The van der Waals surface area contributed by atoms with Gasteiger partial charge in [0.05, 0.1) is 51.3 Å². The molecule has 1 unspecified atom stereocenters. The molecule has 0 spiro atoms. The van der Waals surface area contributed by atoms with E-state index >= 15 is 0 Å². The van der Waals surface area contributed by atoms with Crippen molar-refractivity contribution in [2.24, 2.45) is 0 Å². The zero-order valence-electron chi connectivity index (χ0n) is 22.4. The Morgan fingerprint density at radius 1 is 1.07 bits per heavy atom. The van der Waals surface area contributed by atoms with E-state index in [2.05, 4.69) is 9.97 Å². The number of carbonyl (C=O) groups is 1. The zero-order chi connectivity index (χ0) is 28.4. The Labute approximate surface area is 260 Å². The van der Waals surface area contributed by atoms with Crippen LogP contribution < -0.4 is 44.1 Å². The van der Waals surface area contributed by atoms with E-state index in [4.69, 9.17) is 9.47 Å². The number of carboxylic acid groups (broad SMARTS) is 1. The van der Waals surface area contributed by atoms with Crippen LogP contribution in [0.15, 0.2) is 89.3 Å². The van der Waals surface area contributed by atoms with E-state index in [1.165, 1.54) is 37.6 Å². The van der Waals surface area contributed by atoms with Gasteiger partial charge in [-0.1, -0.05) is 0 Å². The number of benzene rings is 2. The first kappa shape index (κ1) is 30.5.